The minimum Gasteiger partial charge on any atom is -0.355 e. The number of nitrogens with zero attached hydrogens (tertiary/aromatic N) is 4. The van der Waals surface area contributed by atoms with Gasteiger partial charge in [-0.15, -0.1) is 0 Å². The molecule has 1 aromatic carbocycles. The molecule has 3 heterocycles. The van der Waals surface area contributed by atoms with E-state index >= 15 is 0 Å². The predicted molar refractivity (Wildman–Crippen MR) is 108 cm³/mol. The SMILES string of the molecule is CCCNC(=O)Cn1c(=O)cc(-c2nc(-c3ccccn3)no2)c2ccccc21. The molecule has 0 aliphatic heterocycles. The quantitative estimate of drug-likeness (QED) is 0.544. The Hall–Kier alpha value is -3.81. The van der Waals surface area contributed by atoms with Crippen LogP contribution in [0.25, 0.3) is 33.9 Å². The number of aromatic nitrogens is 4. The molecule has 1 amide bonds. The maximum absolute atomic E-state index is 12.8. The van der Waals surface area contributed by atoms with Crippen LogP contribution < -0.4 is 10.9 Å². The average molecular weight is 389 g/mol. The standard InChI is InChI=1S/C21H19N5O3/c1-2-10-23-18(27)13-26-17-9-4-3-7-14(17)15(12-19(26)28)21-24-20(25-29-21)16-8-5-6-11-22-16/h3-9,11-12H,2,10,13H2,1H3,(H,23,27). The first-order valence-corrected chi connectivity index (χ1v) is 9.32. The van der Waals surface area contributed by atoms with E-state index in [1.807, 2.05) is 31.2 Å². The number of benzene rings is 1. The number of carbonyl (C=O) groups excluding carboxylic acids is 1. The topological polar surface area (TPSA) is 103 Å². The predicted octanol–water partition coefficient (Wildman–Crippen LogP) is 2.64. The first-order chi connectivity index (χ1) is 14.2. The highest BCUT2D eigenvalue weighted by atomic mass is 16.5. The lowest BCUT2D eigenvalue weighted by atomic mass is 10.1. The van der Waals surface area contributed by atoms with Crippen molar-refractivity contribution in [2.75, 3.05) is 6.54 Å². The number of para-hydroxylation sites is 1. The van der Waals surface area contributed by atoms with Crippen molar-refractivity contribution in [1.82, 2.24) is 25.0 Å². The van der Waals surface area contributed by atoms with Gasteiger partial charge in [-0.1, -0.05) is 36.3 Å². The van der Waals surface area contributed by atoms with E-state index in [0.717, 1.165) is 11.8 Å². The first-order valence-electron chi connectivity index (χ1n) is 9.32. The van der Waals surface area contributed by atoms with Crippen LogP contribution >= 0.6 is 0 Å². The van der Waals surface area contributed by atoms with Gasteiger partial charge in [-0.05, 0) is 24.6 Å². The largest absolute Gasteiger partial charge is 0.355 e. The van der Waals surface area contributed by atoms with Crippen LogP contribution in [-0.4, -0.2) is 32.1 Å². The molecule has 29 heavy (non-hydrogen) atoms. The Kier molecular flexibility index (Phi) is 5.15. The Balaban J connectivity index is 1.77. The number of hydrogen-bond acceptors (Lipinski definition) is 6. The second kappa shape index (κ2) is 8.05. The van der Waals surface area contributed by atoms with Crippen LogP contribution in [0, 0.1) is 0 Å². The Bertz CT molecular complexity index is 1210. The molecule has 8 heteroatoms. The van der Waals surface area contributed by atoms with Crippen LogP contribution in [0.4, 0.5) is 0 Å². The molecular weight excluding hydrogens is 370 g/mol. The van der Waals surface area contributed by atoms with Crippen LogP contribution in [0.5, 0.6) is 0 Å². The van der Waals surface area contributed by atoms with Crippen molar-refractivity contribution in [3.05, 3.63) is 65.1 Å². The maximum Gasteiger partial charge on any atom is 0.259 e. The van der Waals surface area contributed by atoms with Crippen molar-refractivity contribution in [3.8, 4) is 23.0 Å². The minimum atomic E-state index is -0.317. The lowest BCUT2D eigenvalue weighted by Gasteiger charge is -2.12. The highest BCUT2D eigenvalue weighted by Crippen LogP contribution is 2.27. The van der Waals surface area contributed by atoms with Gasteiger partial charge in [-0.25, -0.2) is 0 Å². The van der Waals surface area contributed by atoms with Gasteiger partial charge < -0.3 is 9.84 Å². The molecule has 0 radical (unpaired) electrons. The van der Waals surface area contributed by atoms with Gasteiger partial charge in [0.2, 0.25) is 11.7 Å². The summed E-state index contributed by atoms with van der Waals surface area (Å²) in [7, 11) is 0. The molecule has 146 valence electrons. The zero-order valence-electron chi connectivity index (χ0n) is 15.8. The molecule has 0 saturated carbocycles. The number of hydrogen-bond donors (Lipinski definition) is 1. The van der Waals surface area contributed by atoms with E-state index in [1.54, 1.807) is 24.4 Å². The van der Waals surface area contributed by atoms with E-state index in [1.165, 1.54) is 10.6 Å². The molecule has 0 spiro atoms. The monoisotopic (exact) mass is 389 g/mol. The number of pyridine rings is 2. The van der Waals surface area contributed by atoms with Crippen LogP contribution in [0.2, 0.25) is 0 Å². The average Bonchev–Trinajstić information content (AvgIpc) is 3.25. The maximum atomic E-state index is 12.8. The molecule has 4 aromatic rings. The minimum absolute atomic E-state index is 0.0529. The molecule has 0 atom stereocenters. The fourth-order valence-corrected chi connectivity index (χ4v) is 3.07. The van der Waals surface area contributed by atoms with Crippen molar-refractivity contribution in [1.29, 1.82) is 0 Å². The normalized spacial score (nSPS) is 10.9. The summed E-state index contributed by atoms with van der Waals surface area (Å²) in [6.45, 7) is 2.49. The first kappa shape index (κ1) is 18.5. The molecule has 0 aliphatic carbocycles. The van der Waals surface area contributed by atoms with Gasteiger partial charge in [-0.2, -0.15) is 4.98 Å². The molecule has 0 saturated heterocycles. The van der Waals surface area contributed by atoms with Crippen molar-refractivity contribution >= 4 is 16.8 Å². The number of amides is 1. The second-order valence-corrected chi connectivity index (χ2v) is 6.49. The van der Waals surface area contributed by atoms with Gasteiger partial charge in [0.1, 0.15) is 12.2 Å². The molecule has 0 aliphatic rings. The summed E-state index contributed by atoms with van der Waals surface area (Å²) in [5, 5.41) is 7.52. The Morgan fingerprint density at radius 1 is 1.17 bits per heavy atom. The molecule has 8 nitrogen and oxygen atoms in total. The van der Waals surface area contributed by atoms with Gasteiger partial charge in [0, 0.05) is 24.2 Å². The van der Waals surface area contributed by atoms with Gasteiger partial charge in [-0.3, -0.25) is 19.1 Å². The number of rotatable bonds is 6. The third-order valence-corrected chi connectivity index (χ3v) is 4.44. The fourth-order valence-electron chi connectivity index (χ4n) is 3.07. The van der Waals surface area contributed by atoms with Crippen molar-refractivity contribution in [2.45, 2.75) is 19.9 Å². The Morgan fingerprint density at radius 2 is 2.00 bits per heavy atom. The fraction of sp³-hybridized carbons (Fsp3) is 0.190. The van der Waals surface area contributed by atoms with Crippen molar-refractivity contribution in [3.63, 3.8) is 0 Å². The Morgan fingerprint density at radius 3 is 2.79 bits per heavy atom. The molecule has 4 rings (SSSR count). The smallest absolute Gasteiger partial charge is 0.259 e. The van der Waals surface area contributed by atoms with Crippen LogP contribution in [0.1, 0.15) is 13.3 Å². The summed E-state index contributed by atoms with van der Waals surface area (Å²) in [5.41, 5.74) is 1.40. The third-order valence-electron chi connectivity index (χ3n) is 4.44. The molecule has 0 unspecified atom stereocenters. The van der Waals surface area contributed by atoms with Crippen LogP contribution in [0.15, 0.2) is 64.0 Å². The van der Waals surface area contributed by atoms with E-state index in [-0.39, 0.29) is 23.9 Å². The third kappa shape index (κ3) is 3.77. The molecule has 1 N–H and O–H groups in total. The van der Waals surface area contributed by atoms with E-state index in [9.17, 15) is 9.59 Å². The molecule has 3 aromatic heterocycles. The number of fused-ring (bicyclic) bond motifs is 1. The molecule has 0 fully saturated rings. The van der Waals surface area contributed by atoms with Gasteiger partial charge in [0.25, 0.3) is 11.4 Å². The lowest BCUT2D eigenvalue weighted by Crippen LogP contribution is -2.32. The van der Waals surface area contributed by atoms with E-state index in [2.05, 4.69) is 20.4 Å². The zero-order valence-corrected chi connectivity index (χ0v) is 15.8. The lowest BCUT2D eigenvalue weighted by molar-refractivity contribution is -0.121. The summed E-state index contributed by atoms with van der Waals surface area (Å²) < 4.78 is 6.86. The van der Waals surface area contributed by atoms with E-state index in [4.69, 9.17) is 4.52 Å². The van der Waals surface area contributed by atoms with Crippen LogP contribution in [0.3, 0.4) is 0 Å². The van der Waals surface area contributed by atoms with E-state index < -0.39 is 0 Å². The summed E-state index contributed by atoms with van der Waals surface area (Å²) in [4.78, 5) is 33.6. The van der Waals surface area contributed by atoms with Crippen molar-refractivity contribution in [2.24, 2.45) is 0 Å². The molecule has 0 bridgehead atoms. The Labute approximate surface area is 166 Å². The van der Waals surface area contributed by atoms with Crippen LogP contribution in [-0.2, 0) is 11.3 Å². The highest BCUT2D eigenvalue weighted by molar-refractivity contribution is 5.93. The highest BCUT2D eigenvalue weighted by Gasteiger charge is 2.17. The number of carbonyl (C=O) groups is 1. The number of nitrogens with one attached hydrogen (secondary N) is 1. The second-order valence-electron chi connectivity index (χ2n) is 6.49. The summed E-state index contributed by atoms with van der Waals surface area (Å²) in [6, 6.07) is 14.2. The summed E-state index contributed by atoms with van der Waals surface area (Å²) in [5.74, 6) is 0.358. The van der Waals surface area contributed by atoms with Gasteiger partial charge >= 0.3 is 0 Å². The summed E-state index contributed by atoms with van der Waals surface area (Å²) in [6.07, 6.45) is 2.47. The summed E-state index contributed by atoms with van der Waals surface area (Å²) >= 11 is 0. The zero-order chi connectivity index (χ0) is 20.2. The van der Waals surface area contributed by atoms with E-state index in [0.29, 0.717) is 29.1 Å². The molecular formula is C21H19N5O3. The van der Waals surface area contributed by atoms with Gasteiger partial charge in [0.05, 0.1) is 11.1 Å². The van der Waals surface area contributed by atoms with Gasteiger partial charge in [0.15, 0.2) is 0 Å². The van der Waals surface area contributed by atoms with Crippen molar-refractivity contribution < 1.29 is 9.32 Å².